The molecule has 2 aromatic heterocycles. The van der Waals surface area contributed by atoms with Gasteiger partial charge >= 0.3 is 0 Å². The highest BCUT2D eigenvalue weighted by Gasteiger charge is 2.18. The minimum atomic E-state index is 0.125. The summed E-state index contributed by atoms with van der Waals surface area (Å²) in [5, 5.41) is 5.60. The second-order valence-electron chi connectivity index (χ2n) is 6.50. The normalized spacial score (nSPS) is 12.6. The quantitative estimate of drug-likeness (QED) is 0.409. The van der Waals surface area contributed by atoms with Crippen molar-refractivity contribution in [1.82, 2.24) is 19.7 Å². The number of fused-ring (bicyclic) bond motifs is 1. The molecule has 2 heterocycles. The zero-order chi connectivity index (χ0) is 19.7. The van der Waals surface area contributed by atoms with Crippen LogP contribution in [0.3, 0.4) is 0 Å². The topological polar surface area (TPSA) is 56.3 Å². The minimum Gasteiger partial charge on any atom is -0.497 e. The lowest BCUT2D eigenvalue weighted by atomic mass is 10.2. The maximum absolute atomic E-state index is 5.69. The molecule has 1 atom stereocenters. The molecule has 0 amide bonds. The van der Waals surface area contributed by atoms with Gasteiger partial charge in [-0.25, -0.2) is 9.67 Å². The number of nitrogens with zero attached hydrogens (tertiary/aromatic N) is 4. The molecule has 0 aliphatic rings. The molecule has 0 fully saturated rings. The molecule has 0 radical (unpaired) electrons. The summed E-state index contributed by atoms with van der Waals surface area (Å²) in [6, 6.07) is 15.8. The summed E-state index contributed by atoms with van der Waals surface area (Å²) in [5.74, 6) is 1.28. The molecule has 0 saturated carbocycles. The number of para-hydroxylation sites is 1. The van der Waals surface area contributed by atoms with Crippen LogP contribution in [0.1, 0.15) is 18.0 Å². The van der Waals surface area contributed by atoms with E-state index in [9.17, 15) is 0 Å². The lowest BCUT2D eigenvalue weighted by Crippen LogP contribution is -2.26. The molecule has 0 aliphatic carbocycles. The van der Waals surface area contributed by atoms with Gasteiger partial charge in [0.2, 0.25) is 5.89 Å². The molecule has 0 N–H and O–H groups in total. The van der Waals surface area contributed by atoms with Crippen molar-refractivity contribution in [2.75, 3.05) is 14.2 Å². The molecule has 4 rings (SSSR count). The zero-order valence-corrected chi connectivity index (χ0v) is 17.5. The van der Waals surface area contributed by atoms with E-state index in [0.29, 0.717) is 17.4 Å². The van der Waals surface area contributed by atoms with E-state index in [0.717, 1.165) is 21.8 Å². The molecule has 0 aliphatic heterocycles. The van der Waals surface area contributed by atoms with Crippen LogP contribution in [-0.2, 0) is 6.67 Å². The number of hydrogen-bond donors (Lipinski definition) is 0. The molecular weight excluding hydrogens is 392 g/mol. The molecule has 6 nitrogen and oxygen atoms in total. The van der Waals surface area contributed by atoms with E-state index in [2.05, 4.69) is 23.0 Å². The van der Waals surface area contributed by atoms with Gasteiger partial charge in [0.15, 0.2) is 0 Å². The van der Waals surface area contributed by atoms with E-state index in [4.69, 9.17) is 26.4 Å². The van der Waals surface area contributed by atoms with Crippen molar-refractivity contribution in [2.45, 2.75) is 19.6 Å². The van der Waals surface area contributed by atoms with E-state index in [1.165, 1.54) is 4.70 Å². The SMILES string of the molecule is COc1ccc(-c2nn(CN(C)[C@H](C)c3nc4ccccc4s3)c(=S)o2)cc1. The minimum absolute atomic E-state index is 0.125. The smallest absolute Gasteiger partial charge is 0.288 e. The first-order valence-corrected chi connectivity index (χ1v) is 10.1. The average Bonchev–Trinajstić information content (AvgIpc) is 3.31. The molecular formula is C20H20N4O2S2. The summed E-state index contributed by atoms with van der Waals surface area (Å²) < 4.78 is 13.8. The average molecular weight is 413 g/mol. The third kappa shape index (κ3) is 3.71. The first-order valence-electron chi connectivity index (χ1n) is 8.83. The van der Waals surface area contributed by atoms with Crippen LogP contribution >= 0.6 is 23.6 Å². The highest BCUT2D eigenvalue weighted by molar-refractivity contribution is 7.71. The Morgan fingerprint density at radius 3 is 2.68 bits per heavy atom. The summed E-state index contributed by atoms with van der Waals surface area (Å²) in [6.45, 7) is 2.64. The van der Waals surface area contributed by atoms with Crippen LogP contribution in [0, 0.1) is 4.84 Å². The van der Waals surface area contributed by atoms with Crippen molar-refractivity contribution in [2.24, 2.45) is 0 Å². The van der Waals surface area contributed by atoms with Gasteiger partial charge in [0.05, 0.1) is 30.0 Å². The van der Waals surface area contributed by atoms with E-state index in [1.54, 1.807) is 23.1 Å². The Bertz CT molecular complexity index is 1110. The number of aromatic nitrogens is 3. The number of methoxy groups -OCH3 is 1. The first-order chi connectivity index (χ1) is 13.5. The van der Waals surface area contributed by atoms with Crippen molar-refractivity contribution < 1.29 is 9.15 Å². The predicted octanol–water partition coefficient (Wildman–Crippen LogP) is 5.14. The predicted molar refractivity (Wildman–Crippen MR) is 113 cm³/mol. The first kappa shape index (κ1) is 18.8. The molecule has 144 valence electrons. The van der Waals surface area contributed by atoms with Gasteiger partial charge in [0, 0.05) is 5.56 Å². The van der Waals surface area contributed by atoms with Gasteiger partial charge in [-0.2, -0.15) is 0 Å². The standard InChI is InChI=1S/C20H20N4O2S2/c1-13(19-21-16-6-4-5-7-17(16)28-19)23(2)12-24-20(27)26-18(22-24)14-8-10-15(25-3)11-9-14/h4-11,13H,12H2,1-3H3/t13-/m1/s1. The van der Waals surface area contributed by atoms with Gasteiger partial charge in [-0.15, -0.1) is 16.4 Å². The van der Waals surface area contributed by atoms with Gasteiger partial charge in [-0.05, 0) is 62.6 Å². The van der Waals surface area contributed by atoms with Crippen LogP contribution in [0.5, 0.6) is 5.75 Å². The fourth-order valence-corrected chi connectivity index (χ4v) is 4.10. The molecule has 28 heavy (non-hydrogen) atoms. The largest absolute Gasteiger partial charge is 0.497 e. The van der Waals surface area contributed by atoms with E-state index >= 15 is 0 Å². The van der Waals surface area contributed by atoms with Crippen LogP contribution < -0.4 is 4.74 Å². The van der Waals surface area contributed by atoms with Crippen molar-refractivity contribution in [3.8, 4) is 17.2 Å². The summed E-state index contributed by atoms with van der Waals surface area (Å²) in [4.78, 5) is 7.24. The van der Waals surface area contributed by atoms with Crippen LogP contribution in [-0.4, -0.2) is 33.8 Å². The Labute approximate surface area is 172 Å². The second-order valence-corrected chi connectivity index (χ2v) is 7.91. The van der Waals surface area contributed by atoms with Crippen LogP contribution in [0.4, 0.5) is 0 Å². The van der Waals surface area contributed by atoms with Gasteiger partial charge < -0.3 is 9.15 Å². The number of ether oxygens (including phenoxy) is 1. The van der Waals surface area contributed by atoms with Crippen molar-refractivity contribution in [1.29, 1.82) is 0 Å². The Morgan fingerprint density at radius 1 is 1.21 bits per heavy atom. The van der Waals surface area contributed by atoms with Crippen LogP contribution in [0.25, 0.3) is 21.7 Å². The summed E-state index contributed by atoms with van der Waals surface area (Å²) >= 11 is 7.08. The van der Waals surface area contributed by atoms with Crippen LogP contribution in [0.15, 0.2) is 52.9 Å². The third-order valence-corrected chi connectivity index (χ3v) is 6.13. The van der Waals surface area contributed by atoms with Gasteiger partial charge in [-0.3, -0.25) is 4.90 Å². The van der Waals surface area contributed by atoms with Gasteiger partial charge in [-0.1, -0.05) is 12.1 Å². The number of hydrogen-bond acceptors (Lipinski definition) is 7. The van der Waals surface area contributed by atoms with Crippen molar-refractivity contribution in [3.05, 3.63) is 58.4 Å². The summed E-state index contributed by atoms with van der Waals surface area (Å²) in [5.41, 5.74) is 1.88. The number of thiazole rings is 1. The summed E-state index contributed by atoms with van der Waals surface area (Å²) in [7, 11) is 3.66. The van der Waals surface area contributed by atoms with Gasteiger partial charge in [0.1, 0.15) is 10.8 Å². The fraction of sp³-hybridized carbons (Fsp3) is 0.250. The maximum atomic E-state index is 5.69. The van der Waals surface area contributed by atoms with E-state index in [1.807, 2.05) is 49.5 Å². The highest BCUT2D eigenvalue weighted by Crippen LogP contribution is 2.29. The summed E-state index contributed by atoms with van der Waals surface area (Å²) in [6.07, 6.45) is 0. The molecule has 0 spiro atoms. The monoisotopic (exact) mass is 412 g/mol. The van der Waals surface area contributed by atoms with Crippen LogP contribution in [0.2, 0.25) is 0 Å². The zero-order valence-electron chi connectivity index (χ0n) is 15.8. The number of benzene rings is 2. The lowest BCUT2D eigenvalue weighted by molar-refractivity contribution is 0.192. The Kier molecular flexibility index (Phi) is 5.25. The Morgan fingerprint density at radius 2 is 1.96 bits per heavy atom. The molecule has 4 aromatic rings. The molecule has 0 saturated heterocycles. The van der Waals surface area contributed by atoms with Crippen molar-refractivity contribution in [3.63, 3.8) is 0 Å². The van der Waals surface area contributed by atoms with E-state index in [-0.39, 0.29) is 6.04 Å². The fourth-order valence-electron chi connectivity index (χ4n) is 2.84. The third-order valence-electron chi connectivity index (χ3n) is 4.63. The Balaban J connectivity index is 1.53. The lowest BCUT2D eigenvalue weighted by Gasteiger charge is -2.22. The maximum Gasteiger partial charge on any atom is 0.288 e. The molecule has 0 unspecified atom stereocenters. The highest BCUT2D eigenvalue weighted by atomic mass is 32.1. The molecule has 2 aromatic carbocycles. The molecule has 8 heteroatoms. The van der Waals surface area contributed by atoms with E-state index < -0.39 is 0 Å². The van der Waals surface area contributed by atoms with Gasteiger partial charge in [0.25, 0.3) is 4.84 Å². The second kappa shape index (κ2) is 7.83. The van der Waals surface area contributed by atoms with Crippen molar-refractivity contribution >= 4 is 33.8 Å². The Hall–Kier alpha value is -2.55. The molecule has 0 bridgehead atoms. The number of rotatable bonds is 6.